The molecular weight excluding hydrogens is 889 g/mol. The summed E-state index contributed by atoms with van der Waals surface area (Å²) in [5, 5.41) is 46.9. The number of hydrogen-bond donors (Lipinski definition) is 5. The summed E-state index contributed by atoms with van der Waals surface area (Å²) in [4.78, 5) is 96.0. The molecule has 2 amide bonds. The molecule has 5 aliphatic heterocycles. The zero-order valence-corrected chi connectivity index (χ0v) is 42.8. The fraction of sp³-hybridized carbons (Fsp3) is 0.719. The van der Waals surface area contributed by atoms with E-state index in [1.54, 1.807) is 0 Å². The Kier molecular flexibility index (Phi) is 10.8. The summed E-state index contributed by atoms with van der Waals surface area (Å²) in [5.41, 5.74) is -4.83. The molecule has 70 heavy (non-hydrogen) atoms. The molecule has 11 aliphatic rings. The predicted octanol–water partition coefficient (Wildman–Crippen LogP) is 5.61. The van der Waals surface area contributed by atoms with Gasteiger partial charge in [0.25, 0.3) is 0 Å². The maximum absolute atomic E-state index is 17.2. The molecule has 3 spiro atoms. The van der Waals surface area contributed by atoms with E-state index in [0.29, 0.717) is 32.1 Å². The number of aliphatic hydroxyl groups excluding tert-OH is 1. The highest BCUT2D eigenvalue weighted by Gasteiger charge is 2.95. The highest BCUT2D eigenvalue weighted by molar-refractivity contribution is 6.17. The average Bonchev–Trinajstić information content (AvgIpc) is 4.02. The molecule has 5 saturated heterocycles. The lowest BCUT2D eigenvalue weighted by Crippen LogP contribution is -2.78. The van der Waals surface area contributed by atoms with E-state index in [2.05, 4.69) is 45.3 Å². The standard InChI is InChI=1S/C57H74N2O11/c1-23(2)17-34-40-29(9)27(7)21-32-20-26(6)15-16-37(61)45-39-38(48(63)53(32,40)51(65)58-34)46-42-31(11)47(62)56(67)43-36(60)14-12-13-25(5)19-33-22-28(8)30(10)41-35(18-24(3)4)59-52(66)54(33,41)49(64)44(43)55(42,50(39)69-46)57(56,68)70-45/h19-24,29-30,32-35,37-41,43-46,50,61,67-68H,12-18H2,1-11H3,(H,58,65)(H,59,66)/t29-,30-,32+,33+,34+,35+,37-,38+,39-,40+,41+,43+,44-,45-,46+,50-,53+,54+,55+,56+,57+/m1/s1. The van der Waals surface area contributed by atoms with Crippen molar-refractivity contribution in [1.82, 2.24) is 10.6 Å². The molecule has 0 aromatic heterocycles. The number of amides is 2. The van der Waals surface area contributed by atoms with Crippen LogP contribution in [-0.2, 0) is 38.2 Å². The lowest BCUT2D eigenvalue weighted by atomic mass is 9.44. The molecule has 6 aliphatic carbocycles. The number of carbonyl (C=O) groups excluding carboxylic acids is 6. The molecule has 5 N–H and O–H groups in total. The Bertz CT molecular complexity index is 2590. The first-order valence-corrected chi connectivity index (χ1v) is 26.6. The van der Waals surface area contributed by atoms with E-state index in [-0.39, 0.29) is 59.6 Å². The van der Waals surface area contributed by atoms with Crippen LogP contribution in [0.25, 0.3) is 0 Å². The number of allylic oxidation sites excluding steroid dienone is 8. The minimum absolute atomic E-state index is 0.0339. The van der Waals surface area contributed by atoms with Crippen molar-refractivity contribution >= 4 is 34.9 Å². The molecule has 4 bridgehead atoms. The van der Waals surface area contributed by atoms with Crippen molar-refractivity contribution in [2.24, 2.45) is 87.3 Å². The Morgan fingerprint density at radius 3 is 1.79 bits per heavy atom. The third kappa shape index (κ3) is 5.47. The van der Waals surface area contributed by atoms with Crippen LogP contribution in [0.3, 0.4) is 0 Å². The number of fused-ring (bicyclic) bond motifs is 5. The molecule has 0 aromatic rings. The van der Waals surface area contributed by atoms with Crippen LogP contribution >= 0.6 is 0 Å². The fourth-order valence-electron chi connectivity index (χ4n) is 18.1. The van der Waals surface area contributed by atoms with Gasteiger partial charge in [0, 0.05) is 54.0 Å². The first-order chi connectivity index (χ1) is 32.9. The van der Waals surface area contributed by atoms with Crippen LogP contribution in [0.5, 0.6) is 0 Å². The molecule has 11 rings (SSSR count). The molecule has 0 aromatic carbocycles. The third-order valence-corrected chi connectivity index (χ3v) is 20.8. The first-order valence-electron chi connectivity index (χ1n) is 26.6. The molecular formula is C57H74N2O11. The Balaban J connectivity index is 1.18. The van der Waals surface area contributed by atoms with Crippen LogP contribution in [0.2, 0.25) is 0 Å². The summed E-state index contributed by atoms with van der Waals surface area (Å²) in [6, 6.07) is -0.793. The van der Waals surface area contributed by atoms with Crippen LogP contribution in [-0.4, -0.2) is 98.2 Å². The second-order valence-electron chi connectivity index (χ2n) is 25.1. The van der Waals surface area contributed by atoms with Gasteiger partial charge in [0.15, 0.2) is 23.0 Å². The summed E-state index contributed by atoms with van der Waals surface area (Å²) in [5.74, 6) is -15.3. The molecule has 13 heteroatoms. The normalized spacial score (nSPS) is 50.2. The van der Waals surface area contributed by atoms with Crippen LogP contribution in [0, 0.1) is 87.3 Å². The second kappa shape index (κ2) is 15.6. The Labute approximate surface area is 411 Å². The first kappa shape index (κ1) is 48.4. The number of aliphatic hydroxyl groups is 3. The van der Waals surface area contributed by atoms with Crippen molar-refractivity contribution in [1.29, 1.82) is 0 Å². The maximum atomic E-state index is 17.2. The lowest BCUT2D eigenvalue weighted by Gasteiger charge is -2.62. The van der Waals surface area contributed by atoms with Crippen molar-refractivity contribution in [2.45, 2.75) is 169 Å². The van der Waals surface area contributed by atoms with E-state index in [0.717, 1.165) is 22.3 Å². The number of ether oxygens (including phenoxy) is 2. The SMILES string of the molecule is CC1=C[C@H]2C=C(C)[C@@H](C)[C@H]3[C@H](CC(C)C)NC(=O)[C@@]23C(=O)[C@H]2[C@H](C(=O)CCC1)[C@]1(O)C(=O)C(C)=C3[C@H]4O[C@@H]5[C@H]6[C@H](O[C@@]1(O)[C@]352)[C@H](O)CCC(C)=C[C@H]1C=C(C)[C@@H](C)[C@H]2[C@H](CC(C)C)NC(=O)[C@@]12C(=O)[C@@H]64. The summed E-state index contributed by atoms with van der Waals surface area (Å²) in [6.45, 7) is 21.8. The van der Waals surface area contributed by atoms with E-state index in [1.807, 2.05) is 58.9 Å². The van der Waals surface area contributed by atoms with Gasteiger partial charge in [-0.05, 0) is 108 Å². The van der Waals surface area contributed by atoms with Gasteiger partial charge in [-0.3, -0.25) is 28.8 Å². The smallest absolute Gasteiger partial charge is 0.235 e. The topological polar surface area (TPSA) is 206 Å². The third-order valence-electron chi connectivity index (χ3n) is 20.8. The van der Waals surface area contributed by atoms with E-state index in [4.69, 9.17) is 9.47 Å². The predicted molar refractivity (Wildman–Crippen MR) is 257 cm³/mol. The van der Waals surface area contributed by atoms with Crippen LogP contribution in [0.4, 0.5) is 0 Å². The van der Waals surface area contributed by atoms with Gasteiger partial charge < -0.3 is 35.4 Å². The lowest BCUT2D eigenvalue weighted by molar-refractivity contribution is -0.383. The van der Waals surface area contributed by atoms with Gasteiger partial charge in [-0.25, -0.2) is 0 Å². The number of Topliss-reactive ketones (excluding diaryl/α,β-unsaturated/α-hetero) is 4. The minimum atomic E-state index is -3.06. The molecule has 0 unspecified atom stereocenters. The van der Waals surface area contributed by atoms with Crippen molar-refractivity contribution in [3.8, 4) is 0 Å². The van der Waals surface area contributed by atoms with Crippen molar-refractivity contribution in [3.63, 3.8) is 0 Å². The zero-order chi connectivity index (χ0) is 50.4. The number of hydrogen-bond acceptors (Lipinski definition) is 11. The number of carbonyl (C=O) groups is 6. The molecule has 13 nitrogen and oxygen atoms in total. The Morgan fingerprint density at radius 2 is 1.24 bits per heavy atom. The van der Waals surface area contributed by atoms with Crippen molar-refractivity contribution < 1.29 is 53.6 Å². The summed E-state index contributed by atoms with van der Waals surface area (Å²) in [7, 11) is 0. The Morgan fingerprint density at radius 1 is 0.714 bits per heavy atom. The molecule has 5 heterocycles. The minimum Gasteiger partial charge on any atom is -0.390 e. The quantitative estimate of drug-likeness (QED) is 0.173. The van der Waals surface area contributed by atoms with Gasteiger partial charge in [0.1, 0.15) is 16.6 Å². The molecule has 21 atom stereocenters. The van der Waals surface area contributed by atoms with E-state index in [1.165, 1.54) is 6.92 Å². The largest absolute Gasteiger partial charge is 0.390 e. The second-order valence-corrected chi connectivity index (χ2v) is 25.1. The molecule has 1 saturated carbocycles. The maximum Gasteiger partial charge on any atom is 0.235 e. The van der Waals surface area contributed by atoms with E-state index >= 15 is 28.8 Å². The number of ketones is 4. The van der Waals surface area contributed by atoms with Gasteiger partial charge in [-0.15, -0.1) is 0 Å². The van der Waals surface area contributed by atoms with Gasteiger partial charge >= 0.3 is 0 Å². The number of rotatable bonds is 4. The van der Waals surface area contributed by atoms with E-state index < -0.39 is 134 Å². The summed E-state index contributed by atoms with van der Waals surface area (Å²) in [6.07, 6.45) is 4.72. The van der Waals surface area contributed by atoms with Gasteiger partial charge in [-0.2, -0.15) is 0 Å². The van der Waals surface area contributed by atoms with Crippen LogP contribution in [0.15, 0.2) is 57.7 Å². The zero-order valence-electron chi connectivity index (χ0n) is 42.8. The van der Waals surface area contributed by atoms with E-state index in [9.17, 15) is 15.3 Å². The summed E-state index contributed by atoms with van der Waals surface area (Å²) >= 11 is 0. The van der Waals surface area contributed by atoms with Crippen LogP contribution < -0.4 is 10.6 Å². The molecule has 378 valence electrons. The number of nitrogens with one attached hydrogen (secondary N) is 2. The van der Waals surface area contributed by atoms with Gasteiger partial charge in [0.2, 0.25) is 17.6 Å². The monoisotopic (exact) mass is 963 g/mol. The van der Waals surface area contributed by atoms with Gasteiger partial charge in [-0.1, -0.05) is 88.1 Å². The molecule has 0 radical (unpaired) electrons. The van der Waals surface area contributed by atoms with Gasteiger partial charge in [0.05, 0.1) is 41.7 Å². The fourth-order valence-corrected chi connectivity index (χ4v) is 18.1. The van der Waals surface area contributed by atoms with Crippen molar-refractivity contribution in [2.75, 3.05) is 0 Å². The average molecular weight is 963 g/mol. The highest BCUT2D eigenvalue weighted by atomic mass is 16.7. The Hall–Kier alpha value is -3.88. The highest BCUT2D eigenvalue weighted by Crippen LogP contribution is 2.80. The van der Waals surface area contributed by atoms with Crippen molar-refractivity contribution in [3.05, 3.63) is 57.7 Å². The molecule has 6 fully saturated rings. The summed E-state index contributed by atoms with van der Waals surface area (Å²) < 4.78 is 14.2. The van der Waals surface area contributed by atoms with Crippen LogP contribution in [0.1, 0.15) is 121 Å².